The van der Waals surface area contributed by atoms with Crippen LogP contribution in [0.15, 0.2) is 57.9 Å². The Kier molecular flexibility index (Phi) is 7.55. The second kappa shape index (κ2) is 10.6. The quantitative estimate of drug-likeness (QED) is 0.474. The van der Waals surface area contributed by atoms with Gasteiger partial charge in [0.25, 0.3) is 11.1 Å². The summed E-state index contributed by atoms with van der Waals surface area (Å²) in [4.78, 5) is 40.9. The van der Waals surface area contributed by atoms with Crippen molar-refractivity contribution in [1.82, 2.24) is 9.80 Å². The Hall–Kier alpha value is -2.58. The molecule has 33 heavy (non-hydrogen) atoms. The molecule has 2 aromatic rings. The van der Waals surface area contributed by atoms with Crippen molar-refractivity contribution in [3.63, 3.8) is 0 Å². The summed E-state index contributed by atoms with van der Waals surface area (Å²) in [6, 6.07) is 15.4. The Balaban J connectivity index is 1.39. The summed E-state index contributed by atoms with van der Waals surface area (Å²) in [5, 5.41) is -0.410. The van der Waals surface area contributed by atoms with Crippen LogP contribution >= 0.6 is 27.7 Å². The molecule has 2 aromatic carbocycles. The number of halogens is 1. The minimum atomic E-state index is -0.427. The maximum absolute atomic E-state index is 12.8. The van der Waals surface area contributed by atoms with Gasteiger partial charge in [-0.3, -0.25) is 19.3 Å². The minimum Gasteiger partial charge on any atom is -0.488 e. The van der Waals surface area contributed by atoms with E-state index in [2.05, 4.69) is 22.9 Å². The number of rotatable bonds is 6. The molecule has 2 aliphatic heterocycles. The number of piperidine rings is 1. The first-order chi connectivity index (χ1) is 15.9. The summed E-state index contributed by atoms with van der Waals surface area (Å²) in [5.41, 5.74) is 1.83. The predicted molar refractivity (Wildman–Crippen MR) is 133 cm³/mol. The maximum atomic E-state index is 12.8. The first kappa shape index (κ1) is 23.6. The SMILES string of the molecule is CC1CCN(C(=O)CN2C(=O)S/C(=C/c3ccc(OCc4ccccc4)c(Br)c3)C2=O)CC1. The van der Waals surface area contributed by atoms with E-state index in [-0.39, 0.29) is 12.5 Å². The summed E-state index contributed by atoms with van der Waals surface area (Å²) in [6.07, 6.45) is 3.57. The molecule has 0 spiro atoms. The first-order valence-electron chi connectivity index (χ1n) is 10.9. The lowest BCUT2D eigenvalue weighted by atomic mass is 9.99. The average Bonchev–Trinajstić information content (AvgIpc) is 3.07. The molecule has 6 nitrogen and oxygen atoms in total. The molecule has 0 bridgehead atoms. The van der Waals surface area contributed by atoms with Crippen LogP contribution in [0.1, 0.15) is 30.9 Å². The number of imide groups is 1. The van der Waals surface area contributed by atoms with E-state index in [0.717, 1.165) is 45.1 Å². The molecule has 2 aliphatic rings. The summed E-state index contributed by atoms with van der Waals surface area (Å²) in [6.45, 7) is 3.77. The number of carbonyl (C=O) groups excluding carboxylic acids is 3. The van der Waals surface area contributed by atoms with Gasteiger partial charge in [0.1, 0.15) is 18.9 Å². The van der Waals surface area contributed by atoms with Crippen molar-refractivity contribution < 1.29 is 19.1 Å². The lowest BCUT2D eigenvalue weighted by Crippen LogP contribution is -2.45. The largest absolute Gasteiger partial charge is 0.488 e. The van der Waals surface area contributed by atoms with E-state index in [0.29, 0.717) is 36.3 Å². The molecule has 0 aromatic heterocycles. The summed E-state index contributed by atoms with van der Waals surface area (Å²) in [5.74, 6) is 0.687. The number of amides is 3. The average molecular weight is 529 g/mol. The van der Waals surface area contributed by atoms with Crippen LogP contribution in [-0.2, 0) is 16.2 Å². The topological polar surface area (TPSA) is 66.9 Å². The van der Waals surface area contributed by atoms with Gasteiger partial charge in [-0.25, -0.2) is 0 Å². The van der Waals surface area contributed by atoms with E-state index in [9.17, 15) is 14.4 Å². The van der Waals surface area contributed by atoms with Crippen molar-refractivity contribution in [3.05, 3.63) is 69.0 Å². The van der Waals surface area contributed by atoms with Gasteiger partial charge in [0.05, 0.1) is 9.38 Å². The fraction of sp³-hybridized carbons (Fsp3) is 0.320. The number of hydrogen-bond acceptors (Lipinski definition) is 5. The maximum Gasteiger partial charge on any atom is 0.294 e. The van der Waals surface area contributed by atoms with E-state index in [4.69, 9.17) is 4.74 Å². The highest BCUT2D eigenvalue weighted by molar-refractivity contribution is 9.10. The van der Waals surface area contributed by atoms with Gasteiger partial charge < -0.3 is 9.64 Å². The van der Waals surface area contributed by atoms with E-state index < -0.39 is 11.1 Å². The zero-order chi connectivity index (χ0) is 23.4. The molecule has 3 amide bonds. The Morgan fingerprint density at radius 2 is 1.88 bits per heavy atom. The van der Waals surface area contributed by atoms with Crippen LogP contribution in [0.3, 0.4) is 0 Å². The van der Waals surface area contributed by atoms with Crippen LogP contribution in [-0.4, -0.2) is 46.5 Å². The number of likely N-dealkylation sites (tertiary alicyclic amines) is 1. The smallest absolute Gasteiger partial charge is 0.294 e. The molecule has 172 valence electrons. The van der Waals surface area contributed by atoms with Gasteiger partial charge >= 0.3 is 0 Å². The van der Waals surface area contributed by atoms with Crippen LogP contribution in [0.2, 0.25) is 0 Å². The van der Waals surface area contributed by atoms with E-state index >= 15 is 0 Å². The van der Waals surface area contributed by atoms with Gasteiger partial charge in [-0.05, 0) is 75.8 Å². The number of thioether (sulfide) groups is 1. The summed E-state index contributed by atoms with van der Waals surface area (Å²) in [7, 11) is 0. The third kappa shape index (κ3) is 5.86. The highest BCUT2D eigenvalue weighted by Crippen LogP contribution is 2.34. The highest BCUT2D eigenvalue weighted by Gasteiger charge is 2.37. The highest BCUT2D eigenvalue weighted by atomic mass is 79.9. The van der Waals surface area contributed by atoms with Crippen molar-refractivity contribution in [2.24, 2.45) is 5.92 Å². The molecule has 2 saturated heterocycles. The molecule has 0 radical (unpaired) electrons. The van der Waals surface area contributed by atoms with Crippen LogP contribution < -0.4 is 4.74 Å². The molecule has 2 heterocycles. The van der Waals surface area contributed by atoms with Crippen LogP contribution in [0.5, 0.6) is 5.75 Å². The van der Waals surface area contributed by atoms with Gasteiger partial charge in [-0.1, -0.05) is 43.3 Å². The zero-order valence-corrected chi connectivity index (χ0v) is 20.7. The van der Waals surface area contributed by atoms with Gasteiger partial charge in [0.2, 0.25) is 5.91 Å². The molecule has 0 aliphatic carbocycles. The first-order valence-corrected chi connectivity index (χ1v) is 12.5. The molecule has 0 saturated carbocycles. The zero-order valence-electron chi connectivity index (χ0n) is 18.3. The van der Waals surface area contributed by atoms with Gasteiger partial charge in [0.15, 0.2) is 0 Å². The van der Waals surface area contributed by atoms with Crippen LogP contribution in [0.4, 0.5) is 4.79 Å². The van der Waals surface area contributed by atoms with E-state index in [1.54, 1.807) is 11.0 Å². The van der Waals surface area contributed by atoms with Crippen molar-refractivity contribution in [1.29, 1.82) is 0 Å². The summed E-state index contributed by atoms with van der Waals surface area (Å²) >= 11 is 4.38. The van der Waals surface area contributed by atoms with Crippen molar-refractivity contribution in [2.75, 3.05) is 19.6 Å². The Morgan fingerprint density at radius 3 is 2.58 bits per heavy atom. The lowest BCUT2D eigenvalue weighted by Gasteiger charge is -2.31. The van der Waals surface area contributed by atoms with Crippen molar-refractivity contribution >= 4 is 50.8 Å². The monoisotopic (exact) mass is 528 g/mol. The lowest BCUT2D eigenvalue weighted by molar-refractivity contribution is -0.136. The number of benzene rings is 2. The van der Waals surface area contributed by atoms with Crippen molar-refractivity contribution in [2.45, 2.75) is 26.4 Å². The third-order valence-electron chi connectivity index (χ3n) is 5.79. The summed E-state index contributed by atoms with van der Waals surface area (Å²) < 4.78 is 6.62. The number of carbonyl (C=O) groups is 3. The molecule has 8 heteroatoms. The fourth-order valence-corrected chi connectivity index (χ4v) is 5.09. The second-order valence-electron chi connectivity index (χ2n) is 8.30. The Morgan fingerprint density at radius 1 is 1.15 bits per heavy atom. The van der Waals surface area contributed by atoms with E-state index in [1.165, 1.54) is 0 Å². The Bertz CT molecular complexity index is 1080. The van der Waals surface area contributed by atoms with E-state index in [1.807, 2.05) is 48.5 Å². The second-order valence-corrected chi connectivity index (χ2v) is 10.1. The van der Waals surface area contributed by atoms with Crippen LogP contribution in [0, 0.1) is 5.92 Å². The molecule has 4 rings (SSSR count). The normalized spacial score (nSPS) is 18.3. The minimum absolute atomic E-state index is 0.173. The van der Waals surface area contributed by atoms with Crippen molar-refractivity contribution in [3.8, 4) is 5.75 Å². The molecule has 0 unspecified atom stereocenters. The molecular weight excluding hydrogens is 504 g/mol. The fourth-order valence-electron chi connectivity index (χ4n) is 3.74. The third-order valence-corrected chi connectivity index (χ3v) is 7.32. The van der Waals surface area contributed by atoms with Crippen LogP contribution in [0.25, 0.3) is 6.08 Å². The van der Waals surface area contributed by atoms with Gasteiger partial charge in [0, 0.05) is 13.1 Å². The number of nitrogens with zero attached hydrogens (tertiary/aromatic N) is 2. The van der Waals surface area contributed by atoms with Gasteiger partial charge in [-0.15, -0.1) is 0 Å². The number of ether oxygens (including phenoxy) is 1. The number of hydrogen-bond donors (Lipinski definition) is 0. The predicted octanol–water partition coefficient (Wildman–Crippen LogP) is 5.32. The molecular formula is C25H25BrN2O4S. The molecule has 2 fully saturated rings. The standard InChI is InChI=1S/C25H25BrN2O4S/c1-17-9-11-27(12-10-17)23(29)15-28-24(30)22(33-25(28)31)14-19-7-8-21(20(26)13-19)32-16-18-5-3-2-4-6-18/h2-8,13-14,17H,9-12,15-16H2,1H3/b22-14+. The molecule has 0 N–H and O–H groups in total. The van der Waals surface area contributed by atoms with Gasteiger partial charge in [-0.2, -0.15) is 0 Å². The Labute approximate surface area is 206 Å². The molecule has 0 atom stereocenters.